The van der Waals surface area contributed by atoms with Gasteiger partial charge < -0.3 is 10.8 Å². The van der Waals surface area contributed by atoms with Crippen LogP contribution in [0.3, 0.4) is 0 Å². The van der Waals surface area contributed by atoms with E-state index in [0.29, 0.717) is 6.54 Å². The van der Waals surface area contributed by atoms with Gasteiger partial charge in [-0.1, -0.05) is 152 Å². The van der Waals surface area contributed by atoms with Gasteiger partial charge in [0.25, 0.3) is 0 Å². The smallest absolute Gasteiger partial charge is 0.0499 e. The van der Waals surface area contributed by atoms with Crippen molar-refractivity contribution in [3.63, 3.8) is 0 Å². The number of aliphatic hydroxyl groups is 1. The second-order valence-corrected chi connectivity index (χ2v) is 12.5. The Morgan fingerprint density at radius 2 is 0.756 bits per heavy atom. The lowest BCUT2D eigenvalue weighted by Gasteiger charge is -2.30. The Labute approximate surface area is 258 Å². The SMILES string of the molecule is CCCCC/C=C\C/C=C\CCCCCCCCC(CN)(CO)CCCCCCCC/C=C\C/C=C\CCCCC. The summed E-state index contributed by atoms with van der Waals surface area (Å²) in [4.78, 5) is 0. The van der Waals surface area contributed by atoms with Crippen LogP contribution in [0.25, 0.3) is 0 Å². The Hall–Kier alpha value is -1.12. The van der Waals surface area contributed by atoms with Crippen LogP contribution >= 0.6 is 0 Å². The molecule has 0 atom stereocenters. The molecule has 0 aromatic carbocycles. The van der Waals surface area contributed by atoms with Crippen LogP contribution in [-0.2, 0) is 0 Å². The molecule has 0 rings (SSSR count). The van der Waals surface area contributed by atoms with E-state index in [1.165, 1.54) is 141 Å². The van der Waals surface area contributed by atoms with Gasteiger partial charge in [-0.15, -0.1) is 0 Å². The summed E-state index contributed by atoms with van der Waals surface area (Å²) in [5.74, 6) is 0. The van der Waals surface area contributed by atoms with Gasteiger partial charge in [0.2, 0.25) is 0 Å². The molecule has 0 aromatic rings. The lowest BCUT2D eigenvalue weighted by atomic mass is 9.78. The normalized spacial score (nSPS) is 12.8. The lowest BCUT2D eigenvalue weighted by molar-refractivity contribution is 0.106. The molecular formula is C39H73NO. The predicted molar refractivity (Wildman–Crippen MR) is 187 cm³/mol. The Morgan fingerprint density at radius 3 is 1.07 bits per heavy atom. The zero-order valence-corrected chi connectivity index (χ0v) is 27.9. The van der Waals surface area contributed by atoms with Crippen molar-refractivity contribution in [2.24, 2.45) is 11.1 Å². The lowest BCUT2D eigenvalue weighted by Crippen LogP contribution is -2.34. The van der Waals surface area contributed by atoms with Gasteiger partial charge in [-0.3, -0.25) is 0 Å². The van der Waals surface area contributed by atoms with Crippen LogP contribution in [0.15, 0.2) is 48.6 Å². The van der Waals surface area contributed by atoms with Gasteiger partial charge in [0.1, 0.15) is 0 Å². The average Bonchev–Trinajstić information content (AvgIpc) is 2.99. The number of unbranched alkanes of at least 4 members (excludes halogenated alkanes) is 18. The van der Waals surface area contributed by atoms with Crippen LogP contribution in [0.4, 0.5) is 0 Å². The second kappa shape index (κ2) is 33.4. The molecule has 0 bridgehead atoms. The molecule has 2 heteroatoms. The molecule has 0 amide bonds. The van der Waals surface area contributed by atoms with Crippen molar-refractivity contribution in [2.45, 2.75) is 181 Å². The van der Waals surface area contributed by atoms with E-state index in [4.69, 9.17) is 5.73 Å². The van der Waals surface area contributed by atoms with Crippen LogP contribution in [0.2, 0.25) is 0 Å². The van der Waals surface area contributed by atoms with Crippen LogP contribution in [0.5, 0.6) is 0 Å². The predicted octanol–water partition coefficient (Wildman–Crippen LogP) is 12.3. The largest absolute Gasteiger partial charge is 0.396 e. The third-order valence-electron chi connectivity index (χ3n) is 8.58. The molecule has 0 aliphatic heterocycles. The van der Waals surface area contributed by atoms with E-state index in [-0.39, 0.29) is 12.0 Å². The number of nitrogens with two attached hydrogens (primary N) is 1. The fraction of sp³-hybridized carbons (Fsp3) is 0.795. The first-order chi connectivity index (χ1) is 20.2. The fourth-order valence-electron chi connectivity index (χ4n) is 5.53. The molecule has 0 saturated heterocycles. The average molecular weight is 572 g/mol. The van der Waals surface area contributed by atoms with E-state index in [0.717, 1.165) is 25.7 Å². The molecular weight excluding hydrogens is 498 g/mol. The van der Waals surface area contributed by atoms with Gasteiger partial charge in [0.15, 0.2) is 0 Å². The van der Waals surface area contributed by atoms with E-state index in [2.05, 4.69) is 62.5 Å². The molecule has 0 aliphatic rings. The Balaban J connectivity index is 3.67. The second-order valence-electron chi connectivity index (χ2n) is 12.5. The highest BCUT2D eigenvalue weighted by Gasteiger charge is 2.26. The summed E-state index contributed by atoms with van der Waals surface area (Å²) in [5, 5.41) is 10.1. The number of rotatable bonds is 32. The topological polar surface area (TPSA) is 46.2 Å². The monoisotopic (exact) mass is 572 g/mol. The maximum atomic E-state index is 10.1. The van der Waals surface area contributed by atoms with Crippen molar-refractivity contribution < 1.29 is 5.11 Å². The van der Waals surface area contributed by atoms with E-state index < -0.39 is 0 Å². The highest BCUT2D eigenvalue weighted by atomic mass is 16.3. The molecule has 0 aliphatic carbocycles. The van der Waals surface area contributed by atoms with Crippen molar-refractivity contribution in [3.8, 4) is 0 Å². The maximum absolute atomic E-state index is 10.1. The summed E-state index contributed by atoms with van der Waals surface area (Å²) in [5.41, 5.74) is 6.13. The molecule has 2 nitrogen and oxygen atoms in total. The summed E-state index contributed by atoms with van der Waals surface area (Å²) in [6.45, 7) is 5.40. The van der Waals surface area contributed by atoms with Gasteiger partial charge in [-0.05, 0) is 77.0 Å². The van der Waals surface area contributed by atoms with E-state index in [1.54, 1.807) is 0 Å². The Bertz CT molecular complexity index is 563. The summed E-state index contributed by atoms with van der Waals surface area (Å²) < 4.78 is 0. The van der Waals surface area contributed by atoms with Crippen LogP contribution in [-0.4, -0.2) is 18.3 Å². The van der Waals surface area contributed by atoms with Crippen LogP contribution in [0.1, 0.15) is 181 Å². The zero-order chi connectivity index (χ0) is 30.0. The minimum Gasteiger partial charge on any atom is -0.396 e. The van der Waals surface area contributed by atoms with Gasteiger partial charge in [-0.25, -0.2) is 0 Å². The minimum absolute atomic E-state index is 0.0372. The minimum atomic E-state index is -0.0372. The first-order valence-corrected chi connectivity index (χ1v) is 18.2. The number of aliphatic hydroxyl groups excluding tert-OH is 1. The van der Waals surface area contributed by atoms with Gasteiger partial charge >= 0.3 is 0 Å². The molecule has 0 saturated carbocycles. The molecule has 0 fully saturated rings. The quantitative estimate of drug-likeness (QED) is 0.0623. The molecule has 240 valence electrons. The molecule has 0 spiro atoms. The Morgan fingerprint density at radius 1 is 0.439 bits per heavy atom. The van der Waals surface area contributed by atoms with Crippen molar-refractivity contribution in [2.75, 3.05) is 13.2 Å². The summed E-state index contributed by atoms with van der Waals surface area (Å²) >= 11 is 0. The summed E-state index contributed by atoms with van der Waals surface area (Å²) in [7, 11) is 0. The number of hydrogen-bond donors (Lipinski definition) is 2. The van der Waals surface area contributed by atoms with E-state index in [1.807, 2.05) is 0 Å². The van der Waals surface area contributed by atoms with Crippen molar-refractivity contribution >= 4 is 0 Å². The van der Waals surface area contributed by atoms with Crippen molar-refractivity contribution in [1.29, 1.82) is 0 Å². The molecule has 3 N–H and O–H groups in total. The van der Waals surface area contributed by atoms with Gasteiger partial charge in [0.05, 0.1) is 0 Å². The zero-order valence-electron chi connectivity index (χ0n) is 27.9. The number of allylic oxidation sites excluding steroid dienone is 8. The maximum Gasteiger partial charge on any atom is 0.0499 e. The van der Waals surface area contributed by atoms with Gasteiger partial charge in [0, 0.05) is 18.6 Å². The fourth-order valence-corrected chi connectivity index (χ4v) is 5.53. The van der Waals surface area contributed by atoms with Crippen molar-refractivity contribution in [1.82, 2.24) is 0 Å². The highest BCUT2D eigenvalue weighted by molar-refractivity contribution is 4.93. The molecule has 0 radical (unpaired) electrons. The summed E-state index contributed by atoms with van der Waals surface area (Å²) in [6.07, 6.45) is 51.6. The molecule has 0 unspecified atom stereocenters. The third-order valence-corrected chi connectivity index (χ3v) is 8.58. The first-order valence-electron chi connectivity index (χ1n) is 18.2. The van der Waals surface area contributed by atoms with E-state index >= 15 is 0 Å². The Kier molecular flexibility index (Phi) is 32.5. The highest BCUT2D eigenvalue weighted by Crippen LogP contribution is 2.30. The first kappa shape index (κ1) is 39.9. The van der Waals surface area contributed by atoms with Crippen LogP contribution < -0.4 is 5.73 Å². The van der Waals surface area contributed by atoms with Gasteiger partial charge in [-0.2, -0.15) is 0 Å². The van der Waals surface area contributed by atoms with Crippen LogP contribution in [0, 0.1) is 5.41 Å². The summed E-state index contributed by atoms with van der Waals surface area (Å²) in [6, 6.07) is 0. The molecule has 41 heavy (non-hydrogen) atoms. The molecule has 0 heterocycles. The van der Waals surface area contributed by atoms with Crippen molar-refractivity contribution in [3.05, 3.63) is 48.6 Å². The standard InChI is InChI=1S/C39H73NO/c1-3-5-7-9-11-13-15-17-19-21-23-25-27-29-31-33-35-39(37-40,38-41)36-34-32-30-28-26-24-22-20-18-16-14-12-10-8-6-4-2/h11-14,17-20,41H,3-10,15-16,21-38,40H2,1-2H3/b13-11-,14-12-,19-17-,20-18-. The number of hydrogen-bond acceptors (Lipinski definition) is 2. The van der Waals surface area contributed by atoms with E-state index in [9.17, 15) is 5.11 Å². The molecule has 0 aromatic heterocycles. The third kappa shape index (κ3) is 28.8.